The molecule has 1 heterocycles. The Bertz CT molecular complexity index is 530. The van der Waals surface area contributed by atoms with Crippen molar-refractivity contribution in [3.05, 3.63) is 34.9 Å². The number of hydrogen-bond acceptors (Lipinski definition) is 2. The third-order valence-corrected chi connectivity index (χ3v) is 2.79. The summed E-state index contributed by atoms with van der Waals surface area (Å²) in [4.78, 5) is 4.69. The zero-order chi connectivity index (χ0) is 11.7. The van der Waals surface area contributed by atoms with Gasteiger partial charge >= 0.3 is 0 Å². The fraction of sp³-hybridized carbons (Fsp3) is 0.357. The van der Waals surface area contributed by atoms with Crippen LogP contribution >= 0.6 is 0 Å². The van der Waals surface area contributed by atoms with Crippen LogP contribution in [0.3, 0.4) is 0 Å². The summed E-state index contributed by atoms with van der Waals surface area (Å²) in [6, 6.07) is 6.58. The molecule has 0 saturated carbocycles. The first-order valence-corrected chi connectivity index (χ1v) is 5.74. The molecule has 0 aliphatic carbocycles. The second kappa shape index (κ2) is 4.12. The number of rotatable bonds is 2. The summed E-state index contributed by atoms with van der Waals surface area (Å²) in [5.74, 6) is 1.00. The van der Waals surface area contributed by atoms with Crippen LogP contribution in [0.1, 0.15) is 23.6 Å². The molecule has 0 saturated heterocycles. The van der Waals surface area contributed by atoms with Crippen LogP contribution in [-0.4, -0.2) is 11.5 Å². The average Bonchev–Trinajstić information content (AvgIpc) is 2.20. The van der Waals surface area contributed by atoms with Crippen molar-refractivity contribution >= 4 is 16.7 Å². The van der Waals surface area contributed by atoms with E-state index < -0.39 is 0 Å². The summed E-state index contributed by atoms with van der Waals surface area (Å²) < 4.78 is 0. The first kappa shape index (κ1) is 10.9. The monoisotopic (exact) mass is 214 g/mol. The standard InChI is InChI=1S/C14H18N2/c1-5-15-14-11(4)8-12-7-9(2)6-10(3)13(12)16-14/h6-8H,5H2,1-4H3,(H,15,16). The number of nitrogens with zero attached hydrogens (tertiary/aromatic N) is 1. The molecule has 1 N–H and O–H groups in total. The van der Waals surface area contributed by atoms with Gasteiger partial charge in [0.2, 0.25) is 0 Å². The molecule has 0 fully saturated rings. The van der Waals surface area contributed by atoms with Crippen LogP contribution in [0.5, 0.6) is 0 Å². The summed E-state index contributed by atoms with van der Waals surface area (Å²) in [5.41, 5.74) is 4.85. The Labute approximate surface area is 96.7 Å². The topological polar surface area (TPSA) is 24.9 Å². The average molecular weight is 214 g/mol. The van der Waals surface area contributed by atoms with Gasteiger partial charge in [0.05, 0.1) is 5.52 Å². The molecule has 0 aliphatic heterocycles. The van der Waals surface area contributed by atoms with Gasteiger partial charge < -0.3 is 5.32 Å². The van der Waals surface area contributed by atoms with Crippen molar-refractivity contribution in [1.82, 2.24) is 4.98 Å². The van der Waals surface area contributed by atoms with E-state index in [1.54, 1.807) is 0 Å². The molecule has 0 radical (unpaired) electrons. The van der Waals surface area contributed by atoms with Gasteiger partial charge in [0.25, 0.3) is 0 Å². The number of aromatic nitrogens is 1. The van der Waals surface area contributed by atoms with Gasteiger partial charge in [0, 0.05) is 11.9 Å². The Morgan fingerprint density at radius 1 is 1.06 bits per heavy atom. The van der Waals surface area contributed by atoms with Crippen molar-refractivity contribution in [3.8, 4) is 0 Å². The second-order valence-electron chi connectivity index (χ2n) is 4.34. The van der Waals surface area contributed by atoms with Gasteiger partial charge in [-0.15, -0.1) is 0 Å². The van der Waals surface area contributed by atoms with Gasteiger partial charge in [-0.05, 0) is 51.0 Å². The van der Waals surface area contributed by atoms with E-state index in [1.165, 1.54) is 22.1 Å². The van der Waals surface area contributed by atoms with E-state index in [0.717, 1.165) is 17.9 Å². The Balaban J connectivity index is 2.69. The van der Waals surface area contributed by atoms with Crippen LogP contribution in [0.4, 0.5) is 5.82 Å². The molecule has 84 valence electrons. The van der Waals surface area contributed by atoms with Crippen LogP contribution in [0.25, 0.3) is 10.9 Å². The fourth-order valence-electron chi connectivity index (χ4n) is 2.10. The van der Waals surface area contributed by atoms with Crippen molar-refractivity contribution < 1.29 is 0 Å². The zero-order valence-corrected chi connectivity index (χ0v) is 10.4. The number of hydrogen-bond donors (Lipinski definition) is 1. The van der Waals surface area contributed by atoms with Crippen LogP contribution < -0.4 is 5.32 Å². The predicted octanol–water partition coefficient (Wildman–Crippen LogP) is 3.59. The van der Waals surface area contributed by atoms with Gasteiger partial charge in [-0.25, -0.2) is 4.98 Å². The smallest absolute Gasteiger partial charge is 0.129 e. The lowest BCUT2D eigenvalue weighted by Crippen LogP contribution is -2.02. The summed E-state index contributed by atoms with van der Waals surface area (Å²) in [6.07, 6.45) is 0. The number of pyridine rings is 1. The Morgan fingerprint density at radius 2 is 1.81 bits per heavy atom. The van der Waals surface area contributed by atoms with Crippen molar-refractivity contribution in [3.63, 3.8) is 0 Å². The van der Waals surface area contributed by atoms with Gasteiger partial charge in [0.15, 0.2) is 0 Å². The lowest BCUT2D eigenvalue weighted by molar-refractivity contribution is 1.15. The molecule has 2 rings (SSSR count). The molecule has 0 aliphatic rings. The lowest BCUT2D eigenvalue weighted by atomic mass is 10.1. The van der Waals surface area contributed by atoms with E-state index in [2.05, 4.69) is 51.2 Å². The Morgan fingerprint density at radius 3 is 2.50 bits per heavy atom. The first-order chi connectivity index (χ1) is 7.61. The number of fused-ring (bicyclic) bond motifs is 1. The molecule has 2 heteroatoms. The van der Waals surface area contributed by atoms with Crippen molar-refractivity contribution in [1.29, 1.82) is 0 Å². The van der Waals surface area contributed by atoms with Crippen LogP contribution in [0, 0.1) is 20.8 Å². The van der Waals surface area contributed by atoms with E-state index in [0.29, 0.717) is 0 Å². The molecule has 0 unspecified atom stereocenters. The molecular formula is C14H18N2. The van der Waals surface area contributed by atoms with Crippen LogP contribution in [0.15, 0.2) is 18.2 Å². The van der Waals surface area contributed by atoms with E-state index >= 15 is 0 Å². The Hall–Kier alpha value is -1.57. The highest BCUT2D eigenvalue weighted by atomic mass is 15.0. The summed E-state index contributed by atoms with van der Waals surface area (Å²) in [6.45, 7) is 9.34. The molecular weight excluding hydrogens is 196 g/mol. The largest absolute Gasteiger partial charge is 0.370 e. The molecule has 0 atom stereocenters. The van der Waals surface area contributed by atoms with E-state index in [1.807, 2.05) is 0 Å². The molecule has 0 bridgehead atoms. The molecule has 0 amide bonds. The summed E-state index contributed by atoms with van der Waals surface area (Å²) >= 11 is 0. The molecule has 0 spiro atoms. The SMILES string of the molecule is CCNc1nc2c(C)cc(C)cc2cc1C. The van der Waals surface area contributed by atoms with Gasteiger partial charge in [-0.3, -0.25) is 0 Å². The third-order valence-electron chi connectivity index (χ3n) is 2.79. The maximum absolute atomic E-state index is 4.69. The second-order valence-corrected chi connectivity index (χ2v) is 4.34. The maximum Gasteiger partial charge on any atom is 0.129 e. The summed E-state index contributed by atoms with van der Waals surface area (Å²) in [5, 5.41) is 4.53. The molecule has 1 aromatic carbocycles. The quantitative estimate of drug-likeness (QED) is 0.826. The molecule has 16 heavy (non-hydrogen) atoms. The van der Waals surface area contributed by atoms with E-state index in [9.17, 15) is 0 Å². The van der Waals surface area contributed by atoms with Gasteiger partial charge in [0.1, 0.15) is 5.82 Å². The number of anilines is 1. The molecule has 1 aromatic heterocycles. The van der Waals surface area contributed by atoms with Gasteiger partial charge in [-0.2, -0.15) is 0 Å². The van der Waals surface area contributed by atoms with E-state index in [4.69, 9.17) is 4.98 Å². The molecule has 2 nitrogen and oxygen atoms in total. The number of aryl methyl sites for hydroxylation is 3. The minimum Gasteiger partial charge on any atom is -0.370 e. The first-order valence-electron chi connectivity index (χ1n) is 5.74. The lowest BCUT2D eigenvalue weighted by Gasteiger charge is -2.10. The number of benzene rings is 1. The summed E-state index contributed by atoms with van der Waals surface area (Å²) in [7, 11) is 0. The van der Waals surface area contributed by atoms with Crippen molar-refractivity contribution in [2.45, 2.75) is 27.7 Å². The normalized spacial score (nSPS) is 10.8. The van der Waals surface area contributed by atoms with Crippen molar-refractivity contribution in [2.75, 3.05) is 11.9 Å². The predicted molar refractivity (Wildman–Crippen MR) is 70.1 cm³/mol. The van der Waals surface area contributed by atoms with Crippen molar-refractivity contribution in [2.24, 2.45) is 0 Å². The highest BCUT2D eigenvalue weighted by molar-refractivity contribution is 5.85. The van der Waals surface area contributed by atoms with Crippen LogP contribution in [0.2, 0.25) is 0 Å². The van der Waals surface area contributed by atoms with Crippen LogP contribution in [-0.2, 0) is 0 Å². The minimum absolute atomic E-state index is 0.907. The van der Waals surface area contributed by atoms with Gasteiger partial charge in [-0.1, -0.05) is 11.6 Å². The molecule has 2 aromatic rings. The number of nitrogens with one attached hydrogen (secondary N) is 1. The highest BCUT2D eigenvalue weighted by Crippen LogP contribution is 2.23. The zero-order valence-electron chi connectivity index (χ0n) is 10.4. The van der Waals surface area contributed by atoms with E-state index in [-0.39, 0.29) is 0 Å². The maximum atomic E-state index is 4.69. The highest BCUT2D eigenvalue weighted by Gasteiger charge is 2.05. The third kappa shape index (κ3) is 1.87. The Kier molecular flexibility index (Phi) is 2.82. The fourth-order valence-corrected chi connectivity index (χ4v) is 2.10. The minimum atomic E-state index is 0.907.